The Bertz CT molecular complexity index is 680. The second-order valence-electron chi connectivity index (χ2n) is 5.93. The molecule has 0 unspecified atom stereocenters. The van der Waals surface area contributed by atoms with Crippen LogP contribution in [0.1, 0.15) is 41.3 Å². The monoisotopic (exact) mass is 348 g/mol. The summed E-state index contributed by atoms with van der Waals surface area (Å²) in [6, 6.07) is 6.11. The molecule has 2 heterocycles. The summed E-state index contributed by atoms with van der Waals surface area (Å²) < 4.78 is 12.9. The highest BCUT2D eigenvalue weighted by Gasteiger charge is 2.25. The summed E-state index contributed by atoms with van der Waals surface area (Å²) in [5.41, 5.74) is 0.889. The van der Waals surface area contributed by atoms with E-state index in [1.807, 2.05) is 4.90 Å². The first-order valence-electron chi connectivity index (χ1n) is 8.25. The molecule has 0 atom stereocenters. The second-order valence-corrected chi connectivity index (χ2v) is 7.03. The van der Waals surface area contributed by atoms with Gasteiger partial charge in [0, 0.05) is 25.6 Å². The molecule has 1 aliphatic rings. The van der Waals surface area contributed by atoms with Crippen molar-refractivity contribution in [2.75, 3.05) is 13.1 Å². The van der Waals surface area contributed by atoms with Crippen LogP contribution in [0.2, 0.25) is 0 Å². The van der Waals surface area contributed by atoms with Crippen molar-refractivity contribution in [1.82, 2.24) is 20.4 Å². The van der Waals surface area contributed by atoms with E-state index in [9.17, 15) is 9.18 Å². The number of hydrogen-bond donors (Lipinski definition) is 1. The standard InChI is InChI=1S/C17H21FN4OS/c1-2-15-20-21-16(24-15)13-7-9-22(10-8-13)17(23)19-11-12-3-5-14(18)6-4-12/h3-6,13H,2,7-11H2,1H3,(H,19,23). The van der Waals surface area contributed by atoms with Crippen LogP contribution in [0.15, 0.2) is 24.3 Å². The lowest BCUT2D eigenvalue weighted by molar-refractivity contribution is 0.181. The number of rotatable bonds is 4. The Morgan fingerprint density at radius 2 is 2.00 bits per heavy atom. The molecular formula is C17H21FN4OS. The number of benzene rings is 1. The van der Waals surface area contributed by atoms with E-state index in [0.29, 0.717) is 12.5 Å². The van der Waals surface area contributed by atoms with Gasteiger partial charge in [-0.15, -0.1) is 21.5 Å². The fourth-order valence-corrected chi connectivity index (χ4v) is 3.75. The lowest BCUT2D eigenvalue weighted by Crippen LogP contribution is -2.43. The Hall–Kier alpha value is -2.02. The molecule has 2 aromatic rings. The largest absolute Gasteiger partial charge is 0.334 e. The summed E-state index contributed by atoms with van der Waals surface area (Å²) in [6.45, 7) is 3.94. The Balaban J connectivity index is 1.47. The molecule has 1 saturated heterocycles. The maximum atomic E-state index is 12.9. The van der Waals surface area contributed by atoms with Crippen LogP contribution in [-0.2, 0) is 13.0 Å². The number of hydrogen-bond acceptors (Lipinski definition) is 4. The van der Waals surface area contributed by atoms with E-state index in [4.69, 9.17) is 0 Å². The molecule has 1 aromatic carbocycles. The number of aromatic nitrogens is 2. The lowest BCUT2D eigenvalue weighted by Gasteiger charge is -2.31. The molecule has 24 heavy (non-hydrogen) atoms. The van der Waals surface area contributed by atoms with Gasteiger partial charge in [0.1, 0.15) is 15.8 Å². The molecular weight excluding hydrogens is 327 g/mol. The van der Waals surface area contributed by atoms with Gasteiger partial charge in [0.25, 0.3) is 0 Å². The highest BCUT2D eigenvalue weighted by atomic mass is 32.1. The number of piperidine rings is 1. The molecule has 7 heteroatoms. The van der Waals surface area contributed by atoms with Gasteiger partial charge in [0.05, 0.1) is 0 Å². The zero-order chi connectivity index (χ0) is 16.9. The Morgan fingerprint density at radius 3 is 2.62 bits per heavy atom. The molecule has 1 N–H and O–H groups in total. The molecule has 1 aromatic heterocycles. The average molecular weight is 348 g/mol. The number of nitrogens with one attached hydrogen (secondary N) is 1. The highest BCUT2D eigenvalue weighted by Crippen LogP contribution is 2.30. The van der Waals surface area contributed by atoms with Crippen LogP contribution in [-0.4, -0.2) is 34.2 Å². The smallest absolute Gasteiger partial charge is 0.317 e. The van der Waals surface area contributed by atoms with Crippen LogP contribution >= 0.6 is 11.3 Å². The van der Waals surface area contributed by atoms with Gasteiger partial charge >= 0.3 is 6.03 Å². The molecule has 3 rings (SSSR count). The topological polar surface area (TPSA) is 58.1 Å². The Labute approximate surface area is 144 Å². The van der Waals surface area contributed by atoms with Crippen molar-refractivity contribution in [3.05, 3.63) is 45.7 Å². The van der Waals surface area contributed by atoms with Gasteiger partial charge in [-0.3, -0.25) is 0 Å². The number of carbonyl (C=O) groups is 1. The number of amides is 2. The third-order valence-electron chi connectivity index (χ3n) is 4.27. The Kier molecular flexibility index (Phi) is 5.40. The van der Waals surface area contributed by atoms with Gasteiger partial charge in [-0.2, -0.15) is 0 Å². The zero-order valence-electron chi connectivity index (χ0n) is 13.7. The number of carbonyl (C=O) groups excluding carboxylic acids is 1. The molecule has 2 amide bonds. The minimum atomic E-state index is -0.268. The SMILES string of the molecule is CCc1nnc(C2CCN(C(=O)NCc3ccc(F)cc3)CC2)s1. The second kappa shape index (κ2) is 7.70. The summed E-state index contributed by atoms with van der Waals surface area (Å²) in [7, 11) is 0. The molecule has 128 valence electrons. The van der Waals surface area contributed by atoms with Crippen LogP contribution in [0.5, 0.6) is 0 Å². The molecule has 0 aliphatic carbocycles. The van der Waals surface area contributed by atoms with Crippen molar-refractivity contribution in [1.29, 1.82) is 0 Å². The number of nitrogens with zero attached hydrogens (tertiary/aromatic N) is 3. The van der Waals surface area contributed by atoms with Gasteiger partial charge < -0.3 is 10.2 Å². The van der Waals surface area contributed by atoms with Crippen molar-refractivity contribution in [2.24, 2.45) is 0 Å². The van der Waals surface area contributed by atoms with Crippen LogP contribution in [0.25, 0.3) is 0 Å². The third-order valence-corrected chi connectivity index (χ3v) is 5.50. The first kappa shape index (κ1) is 16.8. The van der Waals surface area contributed by atoms with Gasteiger partial charge in [0.15, 0.2) is 0 Å². The lowest BCUT2D eigenvalue weighted by atomic mass is 9.98. The number of halogens is 1. The summed E-state index contributed by atoms with van der Waals surface area (Å²) in [5, 5.41) is 13.5. The fourth-order valence-electron chi connectivity index (χ4n) is 2.80. The molecule has 1 aliphatic heterocycles. The fraction of sp³-hybridized carbons (Fsp3) is 0.471. The van der Waals surface area contributed by atoms with E-state index in [2.05, 4.69) is 22.4 Å². The molecule has 0 bridgehead atoms. The first-order chi connectivity index (χ1) is 11.7. The molecule has 0 spiro atoms. The Morgan fingerprint density at radius 1 is 1.29 bits per heavy atom. The van der Waals surface area contributed by atoms with Gasteiger partial charge in [-0.1, -0.05) is 19.1 Å². The predicted molar refractivity (Wildman–Crippen MR) is 91.5 cm³/mol. The molecule has 5 nitrogen and oxygen atoms in total. The van der Waals surface area contributed by atoms with E-state index in [0.717, 1.165) is 47.9 Å². The normalized spacial score (nSPS) is 15.5. The van der Waals surface area contributed by atoms with E-state index >= 15 is 0 Å². The van der Waals surface area contributed by atoms with Gasteiger partial charge in [-0.25, -0.2) is 9.18 Å². The van der Waals surface area contributed by atoms with Crippen molar-refractivity contribution in [2.45, 2.75) is 38.6 Å². The van der Waals surface area contributed by atoms with Crippen molar-refractivity contribution in [3.63, 3.8) is 0 Å². The minimum Gasteiger partial charge on any atom is -0.334 e. The first-order valence-corrected chi connectivity index (χ1v) is 9.07. The summed E-state index contributed by atoms with van der Waals surface area (Å²) >= 11 is 1.69. The minimum absolute atomic E-state index is 0.0655. The summed E-state index contributed by atoms with van der Waals surface area (Å²) in [5.74, 6) is 0.138. The summed E-state index contributed by atoms with van der Waals surface area (Å²) in [6.07, 6.45) is 2.76. The summed E-state index contributed by atoms with van der Waals surface area (Å²) in [4.78, 5) is 14.1. The average Bonchev–Trinajstić information content (AvgIpc) is 3.10. The third kappa shape index (κ3) is 4.08. The number of likely N-dealkylation sites (tertiary alicyclic amines) is 1. The zero-order valence-corrected chi connectivity index (χ0v) is 14.5. The van der Waals surface area contributed by atoms with Crippen molar-refractivity contribution in [3.8, 4) is 0 Å². The van der Waals surface area contributed by atoms with Crippen molar-refractivity contribution < 1.29 is 9.18 Å². The maximum absolute atomic E-state index is 12.9. The van der Waals surface area contributed by atoms with Gasteiger partial charge in [0.2, 0.25) is 0 Å². The maximum Gasteiger partial charge on any atom is 0.317 e. The van der Waals surface area contributed by atoms with E-state index < -0.39 is 0 Å². The highest BCUT2D eigenvalue weighted by molar-refractivity contribution is 7.11. The molecule has 0 radical (unpaired) electrons. The quantitative estimate of drug-likeness (QED) is 0.922. The van der Waals surface area contributed by atoms with Crippen LogP contribution in [0.4, 0.5) is 9.18 Å². The molecule has 0 saturated carbocycles. The van der Waals surface area contributed by atoms with E-state index in [1.54, 1.807) is 23.5 Å². The number of aryl methyl sites for hydroxylation is 1. The molecule has 1 fully saturated rings. The van der Waals surface area contributed by atoms with Crippen LogP contribution in [0.3, 0.4) is 0 Å². The van der Waals surface area contributed by atoms with Crippen LogP contribution < -0.4 is 5.32 Å². The van der Waals surface area contributed by atoms with Gasteiger partial charge in [-0.05, 0) is 37.0 Å². The van der Waals surface area contributed by atoms with E-state index in [1.165, 1.54) is 12.1 Å². The van der Waals surface area contributed by atoms with Crippen LogP contribution in [0, 0.1) is 5.82 Å². The predicted octanol–water partition coefficient (Wildman–Crippen LogP) is 3.33. The number of urea groups is 1. The van der Waals surface area contributed by atoms with Crippen molar-refractivity contribution >= 4 is 17.4 Å². The van der Waals surface area contributed by atoms with E-state index in [-0.39, 0.29) is 11.8 Å².